The van der Waals surface area contributed by atoms with Crippen LogP contribution < -0.4 is 10.6 Å². The van der Waals surface area contributed by atoms with Crippen molar-refractivity contribution in [3.8, 4) is 22.5 Å². The molecule has 0 bridgehead atoms. The number of halogens is 7. The lowest BCUT2D eigenvalue weighted by Crippen LogP contribution is -2.51. The van der Waals surface area contributed by atoms with E-state index in [-0.39, 0.29) is 39.5 Å². The Labute approximate surface area is 306 Å². The minimum atomic E-state index is -3.05. The van der Waals surface area contributed by atoms with Crippen molar-refractivity contribution in [1.29, 1.82) is 5.41 Å². The minimum absolute atomic E-state index is 0.0114. The molecule has 4 aromatic rings. The molecule has 0 radical (unpaired) electrons. The number of hydrogen-bond acceptors (Lipinski definition) is 7. The monoisotopic (exact) mass is 769 g/mol. The van der Waals surface area contributed by atoms with E-state index in [4.69, 9.17) is 21.7 Å². The summed E-state index contributed by atoms with van der Waals surface area (Å²) in [5.74, 6) is -1.58. The van der Waals surface area contributed by atoms with Crippen LogP contribution in [0.15, 0.2) is 61.2 Å². The van der Waals surface area contributed by atoms with Crippen LogP contribution in [-0.2, 0) is 4.74 Å². The van der Waals surface area contributed by atoms with Crippen LogP contribution in [0.4, 0.5) is 31.1 Å². The fourth-order valence-corrected chi connectivity index (χ4v) is 5.11. The fourth-order valence-electron chi connectivity index (χ4n) is 4.91. The second-order valence-corrected chi connectivity index (χ2v) is 14.1. The smallest absolute Gasteiger partial charge is 0.407 e. The summed E-state index contributed by atoms with van der Waals surface area (Å²) in [4.78, 5) is 28.2. The number of nitrogens with one attached hydrogen (secondary N) is 3. The first-order valence-electron chi connectivity index (χ1n) is 16.1. The number of nitrogens with zero attached hydrogens (tertiary/aromatic N) is 6. The lowest BCUT2D eigenvalue weighted by molar-refractivity contribution is 0.0402. The van der Waals surface area contributed by atoms with Crippen molar-refractivity contribution in [1.82, 2.24) is 40.1 Å². The Kier molecular flexibility index (Phi) is 12.8. The Morgan fingerprint density at radius 3 is 2.25 bits per heavy atom. The van der Waals surface area contributed by atoms with Crippen LogP contribution in [0, 0.1) is 10.8 Å². The Morgan fingerprint density at radius 2 is 1.66 bits per heavy atom. The van der Waals surface area contributed by atoms with Gasteiger partial charge in [0.1, 0.15) is 12.9 Å². The topological polar surface area (TPSA) is 143 Å². The van der Waals surface area contributed by atoms with Gasteiger partial charge in [-0.1, -0.05) is 50.6 Å². The molecule has 0 aliphatic heterocycles. The number of aromatic nitrogens is 5. The number of alkyl halides is 6. The lowest BCUT2D eigenvalue weighted by atomic mass is 9.92. The van der Waals surface area contributed by atoms with Crippen molar-refractivity contribution < 1.29 is 40.7 Å². The molecule has 0 aliphatic carbocycles. The van der Waals surface area contributed by atoms with Gasteiger partial charge in [-0.15, -0.1) is 10.2 Å². The molecule has 3 N–H and O–H groups in total. The molecule has 2 aromatic heterocycles. The normalized spacial score (nSPS) is 12.7. The molecule has 0 spiro atoms. The van der Waals surface area contributed by atoms with E-state index in [9.17, 15) is 35.9 Å². The van der Waals surface area contributed by atoms with Gasteiger partial charge in [-0.05, 0) is 61.1 Å². The van der Waals surface area contributed by atoms with Crippen LogP contribution in [-0.4, -0.2) is 72.5 Å². The van der Waals surface area contributed by atoms with Gasteiger partial charge in [-0.25, -0.2) is 18.3 Å². The third kappa shape index (κ3) is 10.3. The van der Waals surface area contributed by atoms with Gasteiger partial charge < -0.3 is 15.4 Å². The van der Waals surface area contributed by atoms with E-state index in [0.717, 1.165) is 31.3 Å². The number of alkyl carbamates (subject to hydrolysis) is 1. The van der Waals surface area contributed by atoms with Gasteiger partial charge in [0.15, 0.2) is 11.8 Å². The molecule has 0 saturated heterocycles. The number of benzene rings is 2. The lowest BCUT2D eigenvalue weighted by Gasteiger charge is -2.33. The van der Waals surface area contributed by atoms with Crippen LogP contribution in [0.1, 0.15) is 76.1 Å². The Morgan fingerprint density at radius 1 is 0.981 bits per heavy atom. The Balaban J connectivity index is 1.81. The number of rotatable bonds is 13. The summed E-state index contributed by atoms with van der Waals surface area (Å²) >= 11 is 6.42. The highest BCUT2D eigenvalue weighted by Gasteiger charge is 2.35. The SMILES string of the molecule is CC(C)(C)CCNC(=N)N(C(=O)c1ccc(-c2cnn(C(F)F)c2)cc1)[C@H](COC(=O)NC(C)(C)C(F)F)c1ccc(Cl)c(-c2nncn2C(F)F)c1. The molecule has 1 atom stereocenters. The van der Waals surface area contributed by atoms with E-state index in [0.29, 0.717) is 26.8 Å². The van der Waals surface area contributed by atoms with Crippen molar-refractivity contribution in [2.45, 2.75) is 72.1 Å². The Bertz CT molecular complexity index is 1890. The van der Waals surface area contributed by atoms with Crippen molar-refractivity contribution in [2.75, 3.05) is 13.2 Å². The molecule has 19 heteroatoms. The molecule has 2 amide bonds. The van der Waals surface area contributed by atoms with E-state index < -0.39 is 55.7 Å². The number of amides is 2. The third-order valence-corrected chi connectivity index (χ3v) is 8.28. The van der Waals surface area contributed by atoms with Gasteiger partial charge in [-0.3, -0.25) is 19.7 Å². The molecule has 0 saturated carbocycles. The predicted octanol–water partition coefficient (Wildman–Crippen LogP) is 8.17. The summed E-state index contributed by atoms with van der Waals surface area (Å²) in [5, 5.41) is 24.9. The summed E-state index contributed by atoms with van der Waals surface area (Å²) in [6.45, 7) is 1.66. The summed E-state index contributed by atoms with van der Waals surface area (Å²) in [5.41, 5.74) is -1.29. The predicted molar refractivity (Wildman–Crippen MR) is 184 cm³/mol. The second kappa shape index (κ2) is 16.7. The molecule has 12 nitrogen and oxygen atoms in total. The first-order chi connectivity index (χ1) is 24.8. The van der Waals surface area contributed by atoms with Gasteiger partial charge in [0, 0.05) is 29.4 Å². The highest BCUT2D eigenvalue weighted by molar-refractivity contribution is 6.33. The van der Waals surface area contributed by atoms with Crippen LogP contribution in [0.2, 0.25) is 5.02 Å². The highest BCUT2D eigenvalue weighted by atomic mass is 35.5. The number of guanidine groups is 1. The van der Waals surface area contributed by atoms with Crippen molar-refractivity contribution in [2.24, 2.45) is 5.41 Å². The molecule has 2 aromatic carbocycles. The maximum atomic E-state index is 14.4. The van der Waals surface area contributed by atoms with Crippen LogP contribution in [0.5, 0.6) is 0 Å². The first kappa shape index (κ1) is 40.6. The molecule has 4 rings (SSSR count). The number of hydrogen-bond donors (Lipinski definition) is 3. The van der Waals surface area contributed by atoms with Crippen molar-refractivity contribution in [3.63, 3.8) is 0 Å². The average molecular weight is 770 g/mol. The van der Waals surface area contributed by atoms with E-state index in [1.54, 1.807) is 0 Å². The molecular weight excluding hydrogens is 732 g/mol. The van der Waals surface area contributed by atoms with Crippen LogP contribution in [0.3, 0.4) is 0 Å². The number of ether oxygens (including phenoxy) is 1. The zero-order valence-corrected chi connectivity index (χ0v) is 30.0. The summed E-state index contributed by atoms with van der Waals surface area (Å²) in [6.07, 6.45) is -0.526. The fraction of sp³-hybridized carbons (Fsp3) is 0.412. The zero-order valence-electron chi connectivity index (χ0n) is 29.3. The van der Waals surface area contributed by atoms with Gasteiger partial charge >= 0.3 is 19.2 Å². The number of carbonyl (C=O) groups excluding carboxylic acids is 2. The van der Waals surface area contributed by atoms with Crippen molar-refractivity contribution in [3.05, 3.63) is 77.3 Å². The molecule has 0 aliphatic rings. The summed E-state index contributed by atoms with van der Waals surface area (Å²) in [6, 6.07) is 8.42. The minimum Gasteiger partial charge on any atom is -0.447 e. The van der Waals surface area contributed by atoms with Gasteiger partial charge in [-0.2, -0.15) is 22.7 Å². The number of carbonyl (C=O) groups is 2. The first-order valence-corrected chi connectivity index (χ1v) is 16.5. The third-order valence-electron chi connectivity index (χ3n) is 7.95. The maximum absolute atomic E-state index is 14.4. The second-order valence-electron chi connectivity index (χ2n) is 13.7. The van der Waals surface area contributed by atoms with Crippen LogP contribution >= 0.6 is 11.6 Å². The van der Waals surface area contributed by atoms with Gasteiger partial charge in [0.25, 0.3) is 12.3 Å². The van der Waals surface area contributed by atoms with E-state index in [2.05, 4.69) is 25.9 Å². The van der Waals surface area contributed by atoms with Gasteiger partial charge in [0.05, 0.1) is 22.8 Å². The quantitative estimate of drug-likeness (QED) is 0.0708. The molecule has 2 heterocycles. The zero-order chi connectivity index (χ0) is 39.2. The largest absolute Gasteiger partial charge is 0.447 e. The molecule has 0 unspecified atom stereocenters. The highest BCUT2D eigenvalue weighted by Crippen LogP contribution is 2.34. The Hall–Kier alpha value is -5.13. The van der Waals surface area contributed by atoms with E-state index >= 15 is 0 Å². The van der Waals surface area contributed by atoms with Crippen molar-refractivity contribution >= 4 is 29.6 Å². The van der Waals surface area contributed by atoms with Gasteiger partial charge in [0.2, 0.25) is 0 Å². The van der Waals surface area contributed by atoms with Crippen LogP contribution in [0.25, 0.3) is 22.5 Å². The molecule has 286 valence electrons. The summed E-state index contributed by atoms with van der Waals surface area (Å²) < 4.78 is 87.4. The average Bonchev–Trinajstić information content (AvgIpc) is 3.77. The van der Waals surface area contributed by atoms with E-state index in [1.807, 2.05) is 20.8 Å². The molecule has 0 fully saturated rings. The maximum Gasteiger partial charge on any atom is 0.407 e. The molecule has 53 heavy (non-hydrogen) atoms. The summed E-state index contributed by atoms with van der Waals surface area (Å²) in [7, 11) is 0. The van der Waals surface area contributed by atoms with E-state index in [1.165, 1.54) is 48.7 Å². The molecular formula is C34H38ClF6N9O3. The standard InChI is InChI=1S/C34H38ClF6N9O3/c1-33(2,3)12-13-43-31(42)50(27(51)20-8-6-19(7-9-20)22-15-45-49(16-22)30(40)41)25(17-53-32(52)46-34(4,5)28(36)37)21-10-11-24(35)23(14-21)26-47-44-18-48(26)29(38)39/h6-11,14-16,18,25,28-30H,12-13,17H2,1-5H3,(H2,42,43)(H,46,52)/t25-/m1/s1.